The maximum absolute atomic E-state index is 12.2. The summed E-state index contributed by atoms with van der Waals surface area (Å²) in [6.07, 6.45) is 14.9. The van der Waals surface area contributed by atoms with Gasteiger partial charge < -0.3 is 10.2 Å². The number of aliphatic hydroxyl groups is 1. The quantitative estimate of drug-likeness (QED) is 0.324. The minimum Gasteiger partial charge on any atom is -0.481 e. The standard InChI is InChI=1S/C22H36O4S/c1-2-3-13-22(26,18-10-11-18)14-6-7-17-9-12-20(23)19(17)8-4-5-15-27-16-21(24)25/h6-7,17-19,26H,2-5,8-16H2,1H3,(H,24,25)/t17-,19+,22?/m0/s1. The fourth-order valence-electron chi connectivity index (χ4n) is 4.29. The molecule has 0 saturated heterocycles. The van der Waals surface area contributed by atoms with Gasteiger partial charge in [0.25, 0.3) is 0 Å². The van der Waals surface area contributed by atoms with Gasteiger partial charge in [0.2, 0.25) is 0 Å². The number of hydrogen-bond donors (Lipinski definition) is 2. The van der Waals surface area contributed by atoms with Gasteiger partial charge in [-0.2, -0.15) is 11.8 Å². The maximum Gasteiger partial charge on any atom is 0.313 e. The molecule has 5 heteroatoms. The molecule has 2 saturated carbocycles. The lowest BCUT2D eigenvalue weighted by atomic mass is 9.86. The van der Waals surface area contributed by atoms with E-state index in [0.29, 0.717) is 24.0 Å². The summed E-state index contributed by atoms with van der Waals surface area (Å²) in [5.74, 6) is 1.54. The molecule has 0 amide bonds. The van der Waals surface area contributed by atoms with Crippen LogP contribution in [0.2, 0.25) is 0 Å². The number of allylic oxidation sites excluding steroid dienone is 1. The molecule has 2 aliphatic carbocycles. The topological polar surface area (TPSA) is 74.6 Å². The molecule has 0 aliphatic heterocycles. The Kier molecular flexibility index (Phi) is 9.37. The molecule has 3 atom stereocenters. The Hall–Kier alpha value is -0.810. The van der Waals surface area contributed by atoms with Crippen molar-refractivity contribution in [1.29, 1.82) is 0 Å². The number of carbonyl (C=O) groups is 2. The van der Waals surface area contributed by atoms with Crippen molar-refractivity contribution < 1.29 is 19.8 Å². The highest BCUT2D eigenvalue weighted by atomic mass is 32.2. The van der Waals surface area contributed by atoms with Crippen LogP contribution in [0.1, 0.15) is 77.6 Å². The van der Waals surface area contributed by atoms with E-state index in [4.69, 9.17) is 5.11 Å². The van der Waals surface area contributed by atoms with E-state index in [-0.39, 0.29) is 11.7 Å². The molecule has 2 aliphatic rings. The predicted molar refractivity (Wildman–Crippen MR) is 111 cm³/mol. The first-order chi connectivity index (χ1) is 13.0. The smallest absolute Gasteiger partial charge is 0.313 e. The predicted octanol–water partition coefficient (Wildman–Crippen LogP) is 4.85. The van der Waals surface area contributed by atoms with Crippen molar-refractivity contribution in [2.45, 2.75) is 83.2 Å². The van der Waals surface area contributed by atoms with Gasteiger partial charge in [0.1, 0.15) is 5.78 Å². The molecule has 0 aromatic carbocycles. The summed E-state index contributed by atoms with van der Waals surface area (Å²) in [6.45, 7) is 2.16. The number of rotatable bonds is 14. The Morgan fingerprint density at radius 2 is 2.04 bits per heavy atom. The third-order valence-electron chi connectivity index (χ3n) is 6.09. The summed E-state index contributed by atoms with van der Waals surface area (Å²) in [7, 11) is 0. The normalized spacial score (nSPS) is 25.2. The molecular weight excluding hydrogens is 360 g/mol. The van der Waals surface area contributed by atoms with Crippen LogP contribution in [0.25, 0.3) is 0 Å². The molecule has 0 radical (unpaired) electrons. The largest absolute Gasteiger partial charge is 0.481 e. The molecule has 0 spiro atoms. The van der Waals surface area contributed by atoms with Crippen molar-refractivity contribution in [2.24, 2.45) is 17.8 Å². The summed E-state index contributed by atoms with van der Waals surface area (Å²) < 4.78 is 0. The molecule has 2 fully saturated rings. The zero-order valence-corrected chi connectivity index (χ0v) is 17.5. The van der Waals surface area contributed by atoms with Crippen molar-refractivity contribution in [3.05, 3.63) is 12.2 Å². The number of aliphatic carboxylic acids is 1. The average Bonchev–Trinajstić information content (AvgIpc) is 3.43. The van der Waals surface area contributed by atoms with Crippen molar-refractivity contribution in [2.75, 3.05) is 11.5 Å². The zero-order chi connectivity index (χ0) is 19.7. The highest BCUT2D eigenvalue weighted by Gasteiger charge is 2.42. The van der Waals surface area contributed by atoms with Crippen LogP contribution in [-0.4, -0.2) is 39.1 Å². The van der Waals surface area contributed by atoms with E-state index in [0.717, 1.165) is 70.0 Å². The van der Waals surface area contributed by atoms with Crippen LogP contribution in [0.5, 0.6) is 0 Å². The van der Waals surface area contributed by atoms with Crippen LogP contribution >= 0.6 is 11.8 Å². The van der Waals surface area contributed by atoms with Gasteiger partial charge in [-0.15, -0.1) is 0 Å². The average molecular weight is 397 g/mol. The van der Waals surface area contributed by atoms with Gasteiger partial charge in [-0.1, -0.05) is 38.3 Å². The summed E-state index contributed by atoms with van der Waals surface area (Å²) in [6, 6.07) is 0. The third-order valence-corrected chi connectivity index (χ3v) is 7.12. The van der Waals surface area contributed by atoms with Crippen LogP contribution in [-0.2, 0) is 9.59 Å². The van der Waals surface area contributed by atoms with Crippen molar-refractivity contribution in [3.8, 4) is 0 Å². The van der Waals surface area contributed by atoms with Crippen molar-refractivity contribution >= 4 is 23.5 Å². The van der Waals surface area contributed by atoms with Crippen molar-refractivity contribution in [3.63, 3.8) is 0 Å². The van der Waals surface area contributed by atoms with E-state index in [2.05, 4.69) is 19.1 Å². The van der Waals surface area contributed by atoms with E-state index in [1.165, 1.54) is 11.8 Å². The van der Waals surface area contributed by atoms with Gasteiger partial charge in [0.15, 0.2) is 0 Å². The Morgan fingerprint density at radius 3 is 2.70 bits per heavy atom. The number of unbranched alkanes of at least 4 members (excludes halogenated alkanes) is 2. The first-order valence-corrected chi connectivity index (χ1v) is 11.8. The number of carboxylic acids is 1. The lowest BCUT2D eigenvalue weighted by molar-refractivity contribution is -0.133. The van der Waals surface area contributed by atoms with Crippen LogP contribution in [0, 0.1) is 17.8 Å². The van der Waals surface area contributed by atoms with Gasteiger partial charge in [-0.05, 0) is 62.5 Å². The van der Waals surface area contributed by atoms with Gasteiger partial charge in [0, 0.05) is 12.3 Å². The van der Waals surface area contributed by atoms with E-state index in [9.17, 15) is 14.7 Å². The Bertz CT molecular complexity index is 514. The maximum atomic E-state index is 12.2. The molecule has 2 N–H and O–H groups in total. The molecule has 2 rings (SSSR count). The molecule has 0 aromatic heterocycles. The fraction of sp³-hybridized carbons (Fsp3) is 0.818. The van der Waals surface area contributed by atoms with Gasteiger partial charge in [-0.3, -0.25) is 9.59 Å². The van der Waals surface area contributed by atoms with E-state index in [1.807, 2.05) is 0 Å². The molecule has 0 aromatic rings. The Morgan fingerprint density at radius 1 is 1.26 bits per heavy atom. The van der Waals surface area contributed by atoms with E-state index < -0.39 is 11.6 Å². The summed E-state index contributed by atoms with van der Waals surface area (Å²) >= 11 is 1.45. The number of thioether (sulfide) groups is 1. The number of hydrogen-bond acceptors (Lipinski definition) is 4. The molecule has 0 bridgehead atoms. The van der Waals surface area contributed by atoms with Crippen LogP contribution in [0.4, 0.5) is 0 Å². The second kappa shape index (κ2) is 11.3. The van der Waals surface area contributed by atoms with E-state index in [1.54, 1.807) is 0 Å². The molecule has 27 heavy (non-hydrogen) atoms. The van der Waals surface area contributed by atoms with Crippen LogP contribution < -0.4 is 0 Å². The highest BCUT2D eigenvalue weighted by Crippen LogP contribution is 2.44. The van der Waals surface area contributed by atoms with Crippen LogP contribution in [0.15, 0.2) is 12.2 Å². The number of ketones is 1. The van der Waals surface area contributed by atoms with Gasteiger partial charge >= 0.3 is 5.97 Å². The number of carbonyl (C=O) groups excluding carboxylic acids is 1. The monoisotopic (exact) mass is 396 g/mol. The SMILES string of the molecule is CCCCC(O)(CC=C[C@H]1CCC(=O)[C@@H]1CCCCSCC(=O)O)C1CC1. The second-order valence-electron chi connectivity index (χ2n) is 8.33. The molecule has 0 heterocycles. The lowest BCUT2D eigenvalue weighted by Crippen LogP contribution is -2.30. The lowest BCUT2D eigenvalue weighted by Gasteiger charge is -2.27. The Labute approximate surface area is 168 Å². The third kappa shape index (κ3) is 7.61. The first-order valence-electron chi connectivity index (χ1n) is 10.7. The molecule has 1 unspecified atom stereocenters. The highest BCUT2D eigenvalue weighted by molar-refractivity contribution is 7.99. The fourth-order valence-corrected chi connectivity index (χ4v) is 5.02. The molecule has 154 valence electrons. The number of Topliss-reactive ketones (excluding diaryl/α,β-unsaturated/α-hetero) is 1. The first kappa shape index (κ1) is 22.5. The summed E-state index contributed by atoms with van der Waals surface area (Å²) in [5.41, 5.74) is -0.536. The van der Waals surface area contributed by atoms with Crippen molar-refractivity contribution in [1.82, 2.24) is 0 Å². The minimum atomic E-state index is -0.763. The van der Waals surface area contributed by atoms with E-state index >= 15 is 0 Å². The Balaban J connectivity index is 1.75. The molecular formula is C22H36O4S. The second-order valence-corrected chi connectivity index (χ2v) is 9.44. The van der Waals surface area contributed by atoms with Gasteiger partial charge in [0.05, 0.1) is 11.4 Å². The summed E-state index contributed by atoms with van der Waals surface area (Å²) in [5, 5.41) is 19.6. The molecule has 4 nitrogen and oxygen atoms in total. The minimum absolute atomic E-state index is 0.121. The number of carboxylic acid groups (broad SMARTS) is 1. The zero-order valence-electron chi connectivity index (χ0n) is 16.7. The summed E-state index contributed by atoms with van der Waals surface area (Å²) in [4.78, 5) is 22.8. The van der Waals surface area contributed by atoms with Gasteiger partial charge in [-0.25, -0.2) is 0 Å². The van der Waals surface area contributed by atoms with Crippen LogP contribution in [0.3, 0.4) is 0 Å².